The Bertz CT molecular complexity index is 391. The first kappa shape index (κ1) is 8.53. The van der Waals surface area contributed by atoms with Crippen molar-refractivity contribution in [3.63, 3.8) is 0 Å². The Morgan fingerprint density at radius 3 is 2.31 bits per heavy atom. The van der Waals surface area contributed by atoms with Crippen molar-refractivity contribution in [2.45, 2.75) is 0 Å². The molecule has 2 aromatic rings. The molecule has 66 valence electrons. The second-order valence-corrected chi connectivity index (χ2v) is 3.37. The van der Waals surface area contributed by atoms with Crippen molar-refractivity contribution in [1.29, 1.82) is 0 Å². The maximum Gasteiger partial charge on any atom is 0.161 e. The number of aromatic nitrogens is 3. The lowest BCUT2D eigenvalue weighted by atomic mass is 10.2. The van der Waals surface area contributed by atoms with Gasteiger partial charge in [-0.3, -0.25) is 0 Å². The number of hydrogen-bond donors (Lipinski definition) is 1. The predicted octanol–water partition coefficient (Wildman–Crippen LogP) is 2.78. The monoisotopic (exact) mass is 213 g/mol. The van der Waals surface area contributed by atoms with Gasteiger partial charge < -0.3 is 4.98 Å². The number of halogens is 2. The highest BCUT2D eigenvalue weighted by atomic mass is 35.5. The standard InChI is InChI=1S/C8H5Cl2N3/c9-6-1-5(2-7(10)3-6)8-11-4-12-13-8/h1-4H,(H,11,12,13). The van der Waals surface area contributed by atoms with E-state index in [4.69, 9.17) is 23.2 Å². The van der Waals surface area contributed by atoms with E-state index in [1.165, 1.54) is 6.33 Å². The molecule has 1 heterocycles. The molecule has 3 nitrogen and oxygen atoms in total. The molecule has 13 heavy (non-hydrogen) atoms. The van der Waals surface area contributed by atoms with Crippen molar-refractivity contribution in [2.24, 2.45) is 0 Å². The van der Waals surface area contributed by atoms with E-state index in [0.717, 1.165) is 5.56 Å². The fourth-order valence-electron chi connectivity index (χ4n) is 1.04. The molecule has 0 atom stereocenters. The van der Waals surface area contributed by atoms with Crippen molar-refractivity contribution in [3.05, 3.63) is 34.6 Å². The summed E-state index contributed by atoms with van der Waals surface area (Å²) < 4.78 is 0. The molecular formula is C8H5Cl2N3. The van der Waals surface area contributed by atoms with Crippen LogP contribution in [0.5, 0.6) is 0 Å². The zero-order chi connectivity index (χ0) is 9.26. The lowest BCUT2D eigenvalue weighted by molar-refractivity contribution is 1.10. The number of nitrogens with one attached hydrogen (secondary N) is 1. The van der Waals surface area contributed by atoms with E-state index < -0.39 is 0 Å². The molecule has 0 fully saturated rings. The molecule has 0 spiro atoms. The van der Waals surface area contributed by atoms with Gasteiger partial charge in [0.2, 0.25) is 0 Å². The highest BCUT2D eigenvalue weighted by molar-refractivity contribution is 6.35. The molecule has 1 aromatic heterocycles. The molecule has 5 heteroatoms. The first-order chi connectivity index (χ1) is 6.25. The third-order valence-corrected chi connectivity index (χ3v) is 1.99. The lowest BCUT2D eigenvalue weighted by Crippen LogP contribution is -1.80. The van der Waals surface area contributed by atoms with Gasteiger partial charge in [-0.05, 0) is 18.2 Å². The van der Waals surface area contributed by atoms with Crippen LogP contribution in [0.4, 0.5) is 0 Å². The summed E-state index contributed by atoms with van der Waals surface area (Å²) in [6, 6.07) is 5.21. The Labute approximate surface area is 84.7 Å². The summed E-state index contributed by atoms with van der Waals surface area (Å²) in [6.07, 6.45) is 1.50. The molecule has 0 saturated heterocycles. The highest BCUT2D eigenvalue weighted by Gasteiger charge is 2.02. The third-order valence-electron chi connectivity index (χ3n) is 1.55. The van der Waals surface area contributed by atoms with Crippen molar-refractivity contribution >= 4 is 23.2 Å². The highest BCUT2D eigenvalue weighted by Crippen LogP contribution is 2.24. The largest absolute Gasteiger partial charge is 0.328 e. The van der Waals surface area contributed by atoms with E-state index in [-0.39, 0.29) is 0 Å². The zero-order valence-corrected chi connectivity index (χ0v) is 7.97. The van der Waals surface area contributed by atoms with Gasteiger partial charge in [0, 0.05) is 15.6 Å². The van der Waals surface area contributed by atoms with Crippen LogP contribution in [0.1, 0.15) is 0 Å². The van der Waals surface area contributed by atoms with Crippen molar-refractivity contribution in [1.82, 2.24) is 15.2 Å². The Kier molecular flexibility index (Phi) is 2.20. The van der Waals surface area contributed by atoms with Gasteiger partial charge in [-0.2, -0.15) is 0 Å². The Morgan fingerprint density at radius 2 is 1.77 bits per heavy atom. The summed E-state index contributed by atoms with van der Waals surface area (Å²) >= 11 is 11.6. The fourth-order valence-corrected chi connectivity index (χ4v) is 1.56. The van der Waals surface area contributed by atoms with Crippen LogP contribution in [0.25, 0.3) is 11.4 Å². The van der Waals surface area contributed by atoms with Crippen molar-refractivity contribution in [2.75, 3.05) is 0 Å². The van der Waals surface area contributed by atoms with Gasteiger partial charge >= 0.3 is 0 Å². The second-order valence-electron chi connectivity index (χ2n) is 2.50. The fraction of sp³-hybridized carbons (Fsp3) is 0. The van der Waals surface area contributed by atoms with E-state index in [0.29, 0.717) is 15.9 Å². The first-order valence-electron chi connectivity index (χ1n) is 3.58. The molecule has 0 unspecified atom stereocenters. The quantitative estimate of drug-likeness (QED) is 0.792. The Hall–Kier alpha value is -1.06. The summed E-state index contributed by atoms with van der Waals surface area (Å²) in [7, 11) is 0. The summed E-state index contributed by atoms with van der Waals surface area (Å²) in [5.74, 6) is 0.657. The van der Waals surface area contributed by atoms with E-state index in [1.807, 2.05) is 0 Å². The molecule has 1 N–H and O–H groups in total. The zero-order valence-electron chi connectivity index (χ0n) is 6.46. The molecule has 0 amide bonds. The van der Waals surface area contributed by atoms with Crippen molar-refractivity contribution < 1.29 is 0 Å². The SMILES string of the molecule is Clc1cc(Cl)cc(-c2nnc[nH]2)c1. The minimum absolute atomic E-state index is 0.582. The number of H-pyrrole nitrogens is 1. The predicted molar refractivity (Wildman–Crippen MR) is 51.8 cm³/mol. The van der Waals surface area contributed by atoms with Gasteiger partial charge in [-0.15, -0.1) is 10.2 Å². The molecular weight excluding hydrogens is 209 g/mol. The molecule has 1 aromatic carbocycles. The smallest absolute Gasteiger partial charge is 0.161 e. The van der Waals surface area contributed by atoms with E-state index in [9.17, 15) is 0 Å². The molecule has 0 bridgehead atoms. The molecule has 0 aliphatic carbocycles. The van der Waals surface area contributed by atoms with Gasteiger partial charge in [0.15, 0.2) is 5.82 Å². The minimum Gasteiger partial charge on any atom is -0.328 e. The van der Waals surface area contributed by atoms with Crippen LogP contribution in [-0.2, 0) is 0 Å². The third kappa shape index (κ3) is 1.82. The van der Waals surface area contributed by atoms with Crippen LogP contribution in [0.2, 0.25) is 10.0 Å². The normalized spacial score (nSPS) is 10.3. The second kappa shape index (κ2) is 3.36. The summed E-state index contributed by atoms with van der Waals surface area (Å²) in [6.45, 7) is 0. The van der Waals surface area contributed by atoms with Crippen LogP contribution in [0.3, 0.4) is 0 Å². The average molecular weight is 214 g/mol. The number of rotatable bonds is 1. The van der Waals surface area contributed by atoms with Gasteiger partial charge in [0.25, 0.3) is 0 Å². The van der Waals surface area contributed by atoms with Gasteiger partial charge in [-0.25, -0.2) is 0 Å². The number of nitrogens with zero attached hydrogens (tertiary/aromatic N) is 2. The number of aromatic amines is 1. The number of benzene rings is 1. The minimum atomic E-state index is 0.582. The number of hydrogen-bond acceptors (Lipinski definition) is 2. The maximum absolute atomic E-state index is 5.82. The molecule has 2 rings (SSSR count). The van der Waals surface area contributed by atoms with Crippen LogP contribution < -0.4 is 0 Å². The van der Waals surface area contributed by atoms with Gasteiger partial charge in [0.1, 0.15) is 6.33 Å². The van der Waals surface area contributed by atoms with Crippen molar-refractivity contribution in [3.8, 4) is 11.4 Å². The van der Waals surface area contributed by atoms with E-state index in [1.54, 1.807) is 18.2 Å². The lowest BCUT2D eigenvalue weighted by Gasteiger charge is -1.97. The summed E-state index contributed by atoms with van der Waals surface area (Å²) in [5, 5.41) is 8.68. The van der Waals surface area contributed by atoms with Gasteiger partial charge in [0.05, 0.1) is 0 Å². The topological polar surface area (TPSA) is 41.6 Å². The molecule has 0 aliphatic heterocycles. The maximum atomic E-state index is 5.82. The Morgan fingerprint density at radius 1 is 1.08 bits per heavy atom. The van der Waals surface area contributed by atoms with Crippen LogP contribution in [0.15, 0.2) is 24.5 Å². The molecule has 0 saturated carbocycles. The van der Waals surface area contributed by atoms with E-state index in [2.05, 4.69) is 15.2 Å². The summed E-state index contributed by atoms with van der Waals surface area (Å²) in [4.78, 5) is 2.87. The van der Waals surface area contributed by atoms with Gasteiger partial charge in [-0.1, -0.05) is 23.2 Å². The molecule has 0 radical (unpaired) electrons. The van der Waals surface area contributed by atoms with Crippen LogP contribution in [-0.4, -0.2) is 15.2 Å². The average Bonchev–Trinajstić information content (AvgIpc) is 2.53. The summed E-state index contributed by atoms with van der Waals surface area (Å²) in [5.41, 5.74) is 0.829. The first-order valence-corrected chi connectivity index (χ1v) is 4.34. The molecule has 0 aliphatic rings. The van der Waals surface area contributed by atoms with Crippen LogP contribution >= 0.6 is 23.2 Å². The van der Waals surface area contributed by atoms with E-state index >= 15 is 0 Å². The van der Waals surface area contributed by atoms with Crippen LogP contribution in [0, 0.1) is 0 Å². The Balaban J connectivity index is 2.53.